The van der Waals surface area contributed by atoms with Gasteiger partial charge in [-0.05, 0) is 36.8 Å². The van der Waals surface area contributed by atoms with Gasteiger partial charge in [0.2, 0.25) is 5.91 Å². The minimum Gasteiger partial charge on any atom is -0.491 e. The maximum atomic E-state index is 12.6. The molecule has 0 N–H and O–H groups in total. The quantitative estimate of drug-likeness (QED) is 0.363. The summed E-state index contributed by atoms with van der Waals surface area (Å²) in [5, 5.41) is 11.4. The second-order valence-corrected chi connectivity index (χ2v) is 7.30. The largest absolute Gasteiger partial charge is 0.491 e. The highest BCUT2D eigenvalue weighted by molar-refractivity contribution is 6.32. The SMILES string of the molecule is CCOc1cc(C=CC(=O)N2CCN(c3cccc([N+](=O)[O-])c3)CC2)cc(Cl)c1OC. The molecular weight excluding hydrogens is 422 g/mol. The third kappa shape index (κ3) is 5.46. The van der Waals surface area contributed by atoms with Crippen LogP contribution >= 0.6 is 11.6 Å². The highest BCUT2D eigenvalue weighted by Crippen LogP contribution is 2.36. The summed E-state index contributed by atoms with van der Waals surface area (Å²) >= 11 is 6.26. The Morgan fingerprint density at radius 2 is 1.97 bits per heavy atom. The molecule has 9 heteroatoms. The lowest BCUT2D eigenvalue weighted by Gasteiger charge is -2.35. The van der Waals surface area contributed by atoms with Crippen LogP contribution in [0.2, 0.25) is 5.02 Å². The molecule has 1 heterocycles. The summed E-state index contributed by atoms with van der Waals surface area (Å²) in [7, 11) is 1.52. The zero-order valence-electron chi connectivity index (χ0n) is 17.4. The van der Waals surface area contributed by atoms with E-state index in [1.165, 1.54) is 19.3 Å². The van der Waals surface area contributed by atoms with Crippen molar-refractivity contribution in [3.8, 4) is 11.5 Å². The van der Waals surface area contributed by atoms with Gasteiger partial charge in [0.15, 0.2) is 11.5 Å². The lowest BCUT2D eigenvalue weighted by Crippen LogP contribution is -2.48. The first kappa shape index (κ1) is 22.4. The fourth-order valence-electron chi connectivity index (χ4n) is 3.41. The highest BCUT2D eigenvalue weighted by atomic mass is 35.5. The molecule has 31 heavy (non-hydrogen) atoms. The van der Waals surface area contributed by atoms with E-state index in [0.717, 1.165) is 11.3 Å². The van der Waals surface area contributed by atoms with Crippen LogP contribution < -0.4 is 14.4 Å². The average molecular weight is 446 g/mol. The number of hydrogen-bond acceptors (Lipinski definition) is 6. The van der Waals surface area contributed by atoms with E-state index in [0.29, 0.717) is 49.3 Å². The summed E-state index contributed by atoms with van der Waals surface area (Å²) in [5.74, 6) is 0.878. The molecule has 1 aliphatic heterocycles. The van der Waals surface area contributed by atoms with E-state index >= 15 is 0 Å². The van der Waals surface area contributed by atoms with Gasteiger partial charge in [-0.15, -0.1) is 0 Å². The van der Waals surface area contributed by atoms with E-state index in [-0.39, 0.29) is 11.6 Å². The van der Waals surface area contributed by atoms with Crippen LogP contribution in [0.3, 0.4) is 0 Å². The van der Waals surface area contributed by atoms with Gasteiger partial charge in [-0.3, -0.25) is 14.9 Å². The number of amides is 1. The van der Waals surface area contributed by atoms with Crippen LogP contribution in [0, 0.1) is 10.1 Å². The normalized spacial score (nSPS) is 14.0. The summed E-state index contributed by atoms with van der Waals surface area (Å²) in [5.41, 5.74) is 1.58. The van der Waals surface area contributed by atoms with Crippen molar-refractivity contribution in [2.75, 3.05) is 44.8 Å². The number of rotatable bonds is 7. The highest BCUT2D eigenvalue weighted by Gasteiger charge is 2.21. The van der Waals surface area contributed by atoms with Gasteiger partial charge in [0.05, 0.1) is 23.7 Å². The maximum Gasteiger partial charge on any atom is 0.271 e. The molecule has 0 aliphatic carbocycles. The lowest BCUT2D eigenvalue weighted by atomic mass is 10.1. The van der Waals surface area contributed by atoms with Crippen molar-refractivity contribution in [1.82, 2.24) is 4.90 Å². The molecule has 164 valence electrons. The number of carbonyl (C=O) groups excluding carboxylic acids is 1. The number of nitro groups is 1. The number of non-ortho nitro benzene ring substituents is 1. The van der Waals surface area contributed by atoms with E-state index in [2.05, 4.69) is 0 Å². The number of methoxy groups -OCH3 is 1. The molecule has 0 radical (unpaired) electrons. The fourth-order valence-corrected chi connectivity index (χ4v) is 3.70. The van der Waals surface area contributed by atoms with E-state index in [4.69, 9.17) is 21.1 Å². The minimum absolute atomic E-state index is 0.0588. The Labute approximate surface area is 185 Å². The number of nitrogens with zero attached hydrogens (tertiary/aromatic N) is 3. The van der Waals surface area contributed by atoms with Crippen LogP contribution in [0.5, 0.6) is 11.5 Å². The smallest absolute Gasteiger partial charge is 0.271 e. The summed E-state index contributed by atoms with van der Waals surface area (Å²) in [6, 6.07) is 10.0. The van der Waals surface area contributed by atoms with Gasteiger partial charge in [-0.25, -0.2) is 0 Å². The van der Waals surface area contributed by atoms with Crippen LogP contribution in [-0.4, -0.2) is 55.6 Å². The molecule has 0 aromatic heterocycles. The molecular formula is C22H24ClN3O5. The van der Waals surface area contributed by atoms with E-state index < -0.39 is 4.92 Å². The summed E-state index contributed by atoms with van der Waals surface area (Å²) in [6.07, 6.45) is 3.21. The van der Waals surface area contributed by atoms with E-state index in [1.54, 1.807) is 35.2 Å². The minimum atomic E-state index is -0.406. The second kappa shape index (κ2) is 10.2. The van der Waals surface area contributed by atoms with Gasteiger partial charge in [-0.2, -0.15) is 0 Å². The predicted octanol–water partition coefficient (Wildman–Crippen LogP) is 4.02. The number of anilines is 1. The number of benzene rings is 2. The Kier molecular flexibility index (Phi) is 7.36. The summed E-state index contributed by atoms with van der Waals surface area (Å²) < 4.78 is 10.8. The number of ether oxygens (including phenoxy) is 2. The molecule has 0 atom stereocenters. The molecule has 1 fully saturated rings. The molecule has 2 aromatic rings. The van der Waals surface area contributed by atoms with Crippen molar-refractivity contribution < 1.29 is 19.2 Å². The Hall–Kier alpha value is -3.26. The lowest BCUT2D eigenvalue weighted by molar-refractivity contribution is -0.384. The first-order valence-corrected chi connectivity index (χ1v) is 10.3. The summed E-state index contributed by atoms with van der Waals surface area (Å²) in [6.45, 7) is 4.59. The van der Waals surface area contributed by atoms with Crippen molar-refractivity contribution in [3.63, 3.8) is 0 Å². The predicted molar refractivity (Wildman–Crippen MR) is 120 cm³/mol. The average Bonchev–Trinajstić information content (AvgIpc) is 2.78. The third-order valence-electron chi connectivity index (χ3n) is 4.95. The standard InChI is InChI=1S/C22H24ClN3O5/c1-3-31-20-14-16(13-19(23)22(20)30-2)7-8-21(27)25-11-9-24(10-12-25)17-5-4-6-18(15-17)26(28)29/h4-8,13-15H,3,9-12H2,1-2H3. The zero-order chi connectivity index (χ0) is 22.4. The topological polar surface area (TPSA) is 85.2 Å². The Morgan fingerprint density at radius 3 is 2.61 bits per heavy atom. The molecule has 0 bridgehead atoms. The van der Waals surface area contributed by atoms with Gasteiger partial charge in [0, 0.05) is 50.1 Å². The first-order valence-electron chi connectivity index (χ1n) is 9.89. The van der Waals surface area contributed by atoms with Gasteiger partial charge < -0.3 is 19.3 Å². The molecule has 3 rings (SSSR count). The molecule has 0 unspecified atom stereocenters. The van der Waals surface area contributed by atoms with Crippen molar-refractivity contribution in [1.29, 1.82) is 0 Å². The number of carbonyl (C=O) groups is 1. The van der Waals surface area contributed by atoms with Crippen molar-refractivity contribution >= 4 is 35.0 Å². The zero-order valence-corrected chi connectivity index (χ0v) is 18.2. The van der Waals surface area contributed by atoms with Crippen molar-refractivity contribution in [3.05, 3.63) is 63.2 Å². The van der Waals surface area contributed by atoms with Gasteiger partial charge in [-0.1, -0.05) is 17.7 Å². The van der Waals surface area contributed by atoms with Gasteiger partial charge in [0.25, 0.3) is 5.69 Å². The molecule has 2 aromatic carbocycles. The monoisotopic (exact) mass is 445 g/mol. The number of piperazine rings is 1. The molecule has 1 aliphatic rings. The molecule has 1 amide bonds. The Morgan fingerprint density at radius 1 is 1.23 bits per heavy atom. The fraction of sp³-hybridized carbons (Fsp3) is 0.318. The maximum absolute atomic E-state index is 12.6. The molecule has 0 saturated carbocycles. The Balaban J connectivity index is 1.63. The Bertz CT molecular complexity index is 987. The number of hydrogen-bond donors (Lipinski definition) is 0. The number of halogens is 1. The van der Waals surface area contributed by atoms with Crippen LogP contribution in [0.15, 0.2) is 42.5 Å². The van der Waals surface area contributed by atoms with Crippen LogP contribution in [0.1, 0.15) is 12.5 Å². The molecule has 1 saturated heterocycles. The van der Waals surface area contributed by atoms with Gasteiger partial charge >= 0.3 is 0 Å². The number of nitro benzene ring substituents is 1. The molecule has 8 nitrogen and oxygen atoms in total. The van der Waals surface area contributed by atoms with E-state index in [1.807, 2.05) is 17.9 Å². The van der Waals surface area contributed by atoms with Crippen molar-refractivity contribution in [2.24, 2.45) is 0 Å². The summed E-state index contributed by atoms with van der Waals surface area (Å²) in [4.78, 5) is 27.0. The second-order valence-electron chi connectivity index (χ2n) is 6.89. The van der Waals surface area contributed by atoms with Crippen molar-refractivity contribution in [2.45, 2.75) is 6.92 Å². The van der Waals surface area contributed by atoms with Gasteiger partial charge in [0.1, 0.15) is 0 Å². The molecule has 0 spiro atoms. The van der Waals surface area contributed by atoms with E-state index in [9.17, 15) is 14.9 Å². The third-order valence-corrected chi connectivity index (χ3v) is 5.23. The first-order chi connectivity index (χ1) is 14.9. The van der Waals surface area contributed by atoms with Crippen LogP contribution in [0.4, 0.5) is 11.4 Å². The van der Waals surface area contributed by atoms with Crippen LogP contribution in [-0.2, 0) is 4.79 Å². The van der Waals surface area contributed by atoms with Crippen LogP contribution in [0.25, 0.3) is 6.08 Å².